The Labute approximate surface area is 100 Å². The van der Waals surface area contributed by atoms with Crippen molar-refractivity contribution in [3.8, 4) is 0 Å². The number of fused-ring (bicyclic) bond motifs is 1. The molecule has 2 aromatic heterocycles. The van der Waals surface area contributed by atoms with Gasteiger partial charge in [0.2, 0.25) is 0 Å². The summed E-state index contributed by atoms with van der Waals surface area (Å²) in [5, 5.41) is 0.691. The summed E-state index contributed by atoms with van der Waals surface area (Å²) in [6.07, 6.45) is 1.57. The molecule has 0 aromatic carbocycles. The maximum absolute atomic E-state index is 11.7. The van der Waals surface area contributed by atoms with Gasteiger partial charge in [-0.05, 0) is 29.8 Å². The highest BCUT2D eigenvalue weighted by molar-refractivity contribution is 9.10. The first-order valence-corrected chi connectivity index (χ1v) is 5.61. The Balaban J connectivity index is 3.14. The van der Waals surface area contributed by atoms with E-state index in [9.17, 15) is 9.59 Å². The van der Waals surface area contributed by atoms with Gasteiger partial charge >= 0.3 is 0 Å². The van der Waals surface area contributed by atoms with Crippen LogP contribution in [0.5, 0.6) is 0 Å². The predicted octanol–water partition coefficient (Wildman–Crippen LogP) is 2.14. The molecule has 0 unspecified atom stereocenters. The third-order valence-corrected chi connectivity index (χ3v) is 3.45. The van der Waals surface area contributed by atoms with Gasteiger partial charge in [0, 0.05) is 34.4 Å². The van der Waals surface area contributed by atoms with Crippen molar-refractivity contribution in [2.24, 2.45) is 7.05 Å². The normalized spacial score (nSPS) is 11.0. The summed E-state index contributed by atoms with van der Waals surface area (Å²) in [7, 11) is 1.78. The minimum absolute atomic E-state index is 0.0330. The van der Waals surface area contributed by atoms with Crippen LogP contribution in [0.1, 0.15) is 23.0 Å². The monoisotopic (exact) mass is 282 g/mol. The molecule has 16 heavy (non-hydrogen) atoms. The molecule has 84 valence electrons. The van der Waals surface area contributed by atoms with Gasteiger partial charge in [-0.3, -0.25) is 9.59 Å². The van der Waals surface area contributed by atoms with Gasteiger partial charge in [-0.1, -0.05) is 0 Å². The SMILES string of the molecule is CC(=O)c1c(C)n(C)c2c(=O)[nH]cc(Br)c12. The van der Waals surface area contributed by atoms with Crippen molar-refractivity contribution < 1.29 is 4.79 Å². The first kappa shape index (κ1) is 11.1. The minimum Gasteiger partial charge on any atom is -0.343 e. The average Bonchev–Trinajstić information content (AvgIpc) is 2.47. The fourth-order valence-corrected chi connectivity index (χ4v) is 2.50. The molecule has 0 aliphatic rings. The zero-order valence-electron chi connectivity index (χ0n) is 9.22. The number of nitrogens with zero attached hydrogens (tertiary/aromatic N) is 1. The first-order chi connectivity index (χ1) is 7.45. The van der Waals surface area contributed by atoms with Crippen molar-refractivity contribution in [3.05, 3.63) is 32.3 Å². The lowest BCUT2D eigenvalue weighted by Crippen LogP contribution is -2.09. The number of hydrogen-bond acceptors (Lipinski definition) is 2. The standard InChI is InChI=1S/C11H11BrN2O2/c1-5-8(6(2)15)9-7(12)4-13-11(16)10(9)14(5)3/h4H,1-3H3,(H,13,16). The van der Waals surface area contributed by atoms with E-state index in [-0.39, 0.29) is 11.3 Å². The molecule has 0 radical (unpaired) electrons. The van der Waals surface area contributed by atoms with Crippen molar-refractivity contribution in [2.75, 3.05) is 0 Å². The van der Waals surface area contributed by atoms with Gasteiger partial charge in [0.1, 0.15) is 5.52 Å². The summed E-state index contributed by atoms with van der Waals surface area (Å²) >= 11 is 3.36. The molecule has 0 bridgehead atoms. The molecule has 0 aliphatic heterocycles. The van der Waals surface area contributed by atoms with E-state index in [0.717, 1.165) is 10.2 Å². The van der Waals surface area contributed by atoms with Crippen LogP contribution >= 0.6 is 15.9 Å². The van der Waals surface area contributed by atoms with Crippen molar-refractivity contribution in [1.82, 2.24) is 9.55 Å². The summed E-state index contributed by atoms with van der Waals surface area (Å²) in [4.78, 5) is 26.0. The highest BCUT2D eigenvalue weighted by Crippen LogP contribution is 2.28. The van der Waals surface area contributed by atoms with Gasteiger partial charge in [-0.2, -0.15) is 0 Å². The van der Waals surface area contributed by atoms with E-state index in [1.54, 1.807) is 17.8 Å². The molecule has 0 amide bonds. The minimum atomic E-state index is -0.184. The number of carbonyl (C=O) groups excluding carboxylic acids is 1. The molecule has 2 aromatic rings. The lowest BCUT2D eigenvalue weighted by atomic mass is 10.1. The second-order valence-electron chi connectivity index (χ2n) is 3.76. The number of hydrogen-bond donors (Lipinski definition) is 1. The molecule has 0 aliphatic carbocycles. The molecule has 0 saturated carbocycles. The number of carbonyl (C=O) groups is 1. The lowest BCUT2D eigenvalue weighted by Gasteiger charge is -1.97. The Hall–Kier alpha value is -1.36. The molecular weight excluding hydrogens is 272 g/mol. The number of aryl methyl sites for hydroxylation is 1. The van der Waals surface area contributed by atoms with Gasteiger partial charge in [0.15, 0.2) is 5.78 Å². The van der Waals surface area contributed by atoms with Crippen LogP contribution in [0.2, 0.25) is 0 Å². The van der Waals surface area contributed by atoms with E-state index in [1.165, 1.54) is 6.92 Å². The second-order valence-corrected chi connectivity index (χ2v) is 4.62. The van der Waals surface area contributed by atoms with Crippen molar-refractivity contribution in [2.45, 2.75) is 13.8 Å². The summed E-state index contributed by atoms with van der Waals surface area (Å²) in [6.45, 7) is 3.35. The van der Waals surface area contributed by atoms with Crippen molar-refractivity contribution >= 4 is 32.6 Å². The highest BCUT2D eigenvalue weighted by Gasteiger charge is 2.19. The predicted molar refractivity (Wildman–Crippen MR) is 66.0 cm³/mol. The number of Topliss-reactive ketones (excluding diaryl/α,β-unsaturated/α-hetero) is 1. The van der Waals surface area contributed by atoms with Crippen LogP contribution < -0.4 is 5.56 Å². The number of aromatic amines is 1. The summed E-state index contributed by atoms with van der Waals surface area (Å²) in [5.74, 6) is -0.0330. The molecule has 5 heteroatoms. The van der Waals surface area contributed by atoms with E-state index in [1.807, 2.05) is 6.92 Å². The van der Waals surface area contributed by atoms with Crippen LogP contribution in [0.25, 0.3) is 10.9 Å². The third kappa shape index (κ3) is 1.35. The number of halogens is 1. The first-order valence-electron chi connectivity index (χ1n) is 4.82. The number of nitrogens with one attached hydrogen (secondary N) is 1. The molecule has 2 heterocycles. The van der Waals surface area contributed by atoms with Crippen LogP contribution in [0.4, 0.5) is 0 Å². The van der Waals surface area contributed by atoms with Crippen LogP contribution in [-0.4, -0.2) is 15.3 Å². The Kier molecular flexibility index (Phi) is 2.50. The Morgan fingerprint density at radius 3 is 2.69 bits per heavy atom. The average molecular weight is 283 g/mol. The maximum Gasteiger partial charge on any atom is 0.272 e. The van der Waals surface area contributed by atoms with Gasteiger partial charge < -0.3 is 9.55 Å². The fraction of sp³-hybridized carbons (Fsp3) is 0.273. The van der Waals surface area contributed by atoms with Crippen LogP contribution in [0.3, 0.4) is 0 Å². The smallest absolute Gasteiger partial charge is 0.272 e. The van der Waals surface area contributed by atoms with Crippen molar-refractivity contribution in [1.29, 1.82) is 0 Å². The molecule has 0 fully saturated rings. The summed E-state index contributed by atoms with van der Waals surface area (Å²) in [6, 6.07) is 0. The number of ketones is 1. The quantitative estimate of drug-likeness (QED) is 0.815. The molecular formula is C11H11BrN2O2. The van der Waals surface area contributed by atoms with Crippen LogP contribution in [0, 0.1) is 6.92 Å². The Morgan fingerprint density at radius 2 is 2.12 bits per heavy atom. The van der Waals surface area contributed by atoms with E-state index in [0.29, 0.717) is 16.5 Å². The number of aromatic nitrogens is 2. The van der Waals surface area contributed by atoms with Gasteiger partial charge in [-0.15, -0.1) is 0 Å². The molecule has 4 nitrogen and oxygen atoms in total. The van der Waals surface area contributed by atoms with Crippen LogP contribution in [-0.2, 0) is 7.05 Å². The van der Waals surface area contributed by atoms with Gasteiger partial charge in [0.25, 0.3) is 5.56 Å². The van der Waals surface area contributed by atoms with Crippen LogP contribution in [0.15, 0.2) is 15.5 Å². The largest absolute Gasteiger partial charge is 0.343 e. The fourth-order valence-electron chi connectivity index (χ4n) is 2.00. The lowest BCUT2D eigenvalue weighted by molar-refractivity contribution is 0.101. The Morgan fingerprint density at radius 1 is 1.50 bits per heavy atom. The molecule has 0 atom stereocenters. The summed E-state index contributed by atoms with van der Waals surface area (Å²) in [5.41, 5.74) is 1.75. The zero-order chi connectivity index (χ0) is 12.0. The molecule has 2 rings (SSSR count). The number of pyridine rings is 1. The van der Waals surface area contributed by atoms with E-state index in [2.05, 4.69) is 20.9 Å². The summed E-state index contributed by atoms with van der Waals surface area (Å²) < 4.78 is 2.48. The van der Waals surface area contributed by atoms with E-state index in [4.69, 9.17) is 0 Å². The maximum atomic E-state index is 11.7. The highest BCUT2D eigenvalue weighted by atomic mass is 79.9. The third-order valence-electron chi connectivity index (χ3n) is 2.82. The number of H-pyrrole nitrogens is 1. The molecule has 0 spiro atoms. The zero-order valence-corrected chi connectivity index (χ0v) is 10.8. The Bertz CT molecular complexity index is 652. The van der Waals surface area contributed by atoms with Crippen molar-refractivity contribution in [3.63, 3.8) is 0 Å². The van der Waals surface area contributed by atoms with E-state index >= 15 is 0 Å². The van der Waals surface area contributed by atoms with Gasteiger partial charge in [-0.25, -0.2) is 0 Å². The topological polar surface area (TPSA) is 54.9 Å². The van der Waals surface area contributed by atoms with Gasteiger partial charge in [0.05, 0.1) is 0 Å². The van der Waals surface area contributed by atoms with E-state index < -0.39 is 0 Å². The molecule has 1 N–H and O–H groups in total. The second kappa shape index (κ2) is 3.59. The molecule has 0 saturated heterocycles. The number of rotatable bonds is 1.